The van der Waals surface area contributed by atoms with Gasteiger partial charge in [-0.25, -0.2) is 13.8 Å². The van der Waals surface area contributed by atoms with E-state index in [4.69, 9.17) is 0 Å². The Hall–Kier alpha value is -1.54. The van der Waals surface area contributed by atoms with Gasteiger partial charge in [0.1, 0.15) is 11.6 Å². The maximum atomic E-state index is 13.6. The number of methoxy groups -OCH3 is 1. The maximum Gasteiger partial charge on any atom is 0.311 e. The number of carbonyl (C=O) groups excluding carboxylic acids is 1. The largest absolute Gasteiger partial charge is 0.469 e. The van der Waals surface area contributed by atoms with Crippen LogP contribution in [0.2, 0.25) is 0 Å². The number of halogens is 3. The van der Waals surface area contributed by atoms with Gasteiger partial charge in [0.2, 0.25) is 0 Å². The fraction of sp³-hybridized carbons (Fsp3) is 0.167. The molecule has 1 aromatic carbocycles. The second kappa shape index (κ2) is 6.27. The molecule has 0 unspecified atom stereocenters. The lowest BCUT2D eigenvalue weighted by Gasteiger charge is -2.05. The van der Waals surface area contributed by atoms with Crippen molar-refractivity contribution >= 4 is 44.1 Å². The summed E-state index contributed by atoms with van der Waals surface area (Å²) in [7, 11) is 1.29. The number of nitrogens with zero attached hydrogens (tertiary/aromatic N) is 1. The summed E-state index contributed by atoms with van der Waals surface area (Å²) < 4.78 is 31.3. The molecule has 0 fully saturated rings. The monoisotopic (exact) mass is 362 g/mol. The van der Waals surface area contributed by atoms with Crippen LogP contribution in [0.4, 0.5) is 19.6 Å². The van der Waals surface area contributed by atoms with Crippen LogP contribution in [-0.2, 0) is 16.0 Å². The number of nitrogens with one attached hydrogen (secondary N) is 1. The van der Waals surface area contributed by atoms with Gasteiger partial charge in [0.05, 0.1) is 29.4 Å². The van der Waals surface area contributed by atoms with Gasteiger partial charge in [0.25, 0.3) is 0 Å². The third kappa shape index (κ3) is 3.51. The van der Waals surface area contributed by atoms with Gasteiger partial charge in [-0.1, -0.05) is 0 Å². The number of esters is 1. The average molecular weight is 363 g/mol. The predicted molar refractivity (Wildman–Crippen MR) is 75.2 cm³/mol. The molecule has 0 radical (unpaired) electrons. The molecule has 0 saturated heterocycles. The Morgan fingerprint density at radius 3 is 2.90 bits per heavy atom. The molecular formula is C12H9BrF2N2O2S. The van der Waals surface area contributed by atoms with Crippen LogP contribution in [-0.4, -0.2) is 18.1 Å². The minimum atomic E-state index is -0.726. The molecule has 1 N–H and O–H groups in total. The zero-order valence-electron chi connectivity index (χ0n) is 10.2. The van der Waals surface area contributed by atoms with E-state index in [1.165, 1.54) is 24.5 Å². The van der Waals surface area contributed by atoms with Crippen molar-refractivity contribution in [3.8, 4) is 0 Å². The van der Waals surface area contributed by atoms with Gasteiger partial charge < -0.3 is 10.1 Å². The van der Waals surface area contributed by atoms with Gasteiger partial charge in [-0.05, 0) is 22.0 Å². The van der Waals surface area contributed by atoms with Crippen molar-refractivity contribution in [2.45, 2.75) is 6.42 Å². The molecule has 0 bridgehead atoms. The highest BCUT2D eigenvalue weighted by Gasteiger charge is 2.11. The molecule has 20 heavy (non-hydrogen) atoms. The molecule has 1 heterocycles. The van der Waals surface area contributed by atoms with E-state index in [1.54, 1.807) is 5.38 Å². The molecule has 0 aliphatic carbocycles. The first-order valence-electron chi connectivity index (χ1n) is 5.42. The van der Waals surface area contributed by atoms with Crippen LogP contribution in [0.5, 0.6) is 0 Å². The lowest BCUT2D eigenvalue weighted by atomic mass is 10.3. The van der Waals surface area contributed by atoms with E-state index in [2.05, 4.69) is 31.0 Å². The van der Waals surface area contributed by atoms with Crippen molar-refractivity contribution in [1.82, 2.24) is 4.98 Å². The second-order valence-corrected chi connectivity index (χ2v) is 5.48. The van der Waals surface area contributed by atoms with Gasteiger partial charge in [0, 0.05) is 11.4 Å². The molecule has 0 atom stereocenters. The summed E-state index contributed by atoms with van der Waals surface area (Å²) in [6.45, 7) is 0. The van der Waals surface area contributed by atoms with Crippen molar-refractivity contribution < 1.29 is 18.3 Å². The Bertz CT molecular complexity index is 648. The maximum absolute atomic E-state index is 13.6. The van der Waals surface area contributed by atoms with Crippen molar-refractivity contribution in [1.29, 1.82) is 0 Å². The number of hydrogen-bond acceptors (Lipinski definition) is 5. The van der Waals surface area contributed by atoms with Gasteiger partial charge in [-0.15, -0.1) is 11.3 Å². The number of thiazole rings is 1. The molecule has 0 amide bonds. The zero-order chi connectivity index (χ0) is 14.7. The number of rotatable bonds is 4. The van der Waals surface area contributed by atoms with E-state index in [-0.39, 0.29) is 16.6 Å². The Morgan fingerprint density at radius 2 is 2.20 bits per heavy atom. The predicted octanol–water partition coefficient (Wildman–Crippen LogP) is 3.64. The van der Waals surface area contributed by atoms with E-state index >= 15 is 0 Å². The quantitative estimate of drug-likeness (QED) is 0.666. The Morgan fingerprint density at radius 1 is 1.45 bits per heavy atom. The summed E-state index contributed by atoms with van der Waals surface area (Å²) in [4.78, 5) is 15.2. The van der Waals surface area contributed by atoms with E-state index in [0.29, 0.717) is 10.8 Å². The van der Waals surface area contributed by atoms with Crippen molar-refractivity contribution in [3.63, 3.8) is 0 Å². The third-order valence-electron chi connectivity index (χ3n) is 2.36. The zero-order valence-corrected chi connectivity index (χ0v) is 12.6. The first-order valence-corrected chi connectivity index (χ1v) is 7.09. The van der Waals surface area contributed by atoms with Gasteiger partial charge in [0.15, 0.2) is 5.13 Å². The summed E-state index contributed by atoms with van der Waals surface area (Å²) in [6.07, 6.45) is 0.0459. The molecule has 0 spiro atoms. The number of hydrogen-bond donors (Lipinski definition) is 1. The minimum absolute atomic E-state index is 0.0459. The van der Waals surface area contributed by atoms with Crippen LogP contribution in [0.3, 0.4) is 0 Å². The highest BCUT2D eigenvalue weighted by Crippen LogP contribution is 2.27. The van der Waals surface area contributed by atoms with E-state index in [9.17, 15) is 13.6 Å². The van der Waals surface area contributed by atoms with Crippen LogP contribution in [0.25, 0.3) is 0 Å². The molecular weight excluding hydrogens is 354 g/mol. The van der Waals surface area contributed by atoms with Crippen LogP contribution in [0.15, 0.2) is 22.0 Å². The number of carbonyl (C=O) groups is 1. The summed E-state index contributed by atoms with van der Waals surface area (Å²) >= 11 is 4.19. The van der Waals surface area contributed by atoms with Crippen LogP contribution in [0, 0.1) is 11.6 Å². The van der Waals surface area contributed by atoms with E-state index in [1.807, 2.05) is 0 Å². The van der Waals surface area contributed by atoms with Crippen LogP contribution < -0.4 is 5.32 Å². The molecule has 1 aromatic heterocycles. The number of aromatic nitrogens is 1. The van der Waals surface area contributed by atoms with Gasteiger partial charge in [-0.3, -0.25) is 4.79 Å². The highest BCUT2D eigenvalue weighted by atomic mass is 79.9. The molecule has 8 heteroatoms. The molecule has 2 aromatic rings. The number of ether oxygens (including phenoxy) is 1. The summed E-state index contributed by atoms with van der Waals surface area (Å²) in [5, 5.41) is 4.80. The first-order chi connectivity index (χ1) is 9.49. The number of anilines is 2. The lowest BCUT2D eigenvalue weighted by Crippen LogP contribution is -2.04. The normalized spacial score (nSPS) is 10.4. The molecule has 0 aliphatic heterocycles. The van der Waals surface area contributed by atoms with E-state index < -0.39 is 17.6 Å². The van der Waals surface area contributed by atoms with E-state index in [0.717, 1.165) is 6.07 Å². The molecule has 106 valence electrons. The SMILES string of the molecule is COC(=O)Cc1csc(Nc2cc(Br)c(F)cc2F)n1. The summed E-state index contributed by atoms with van der Waals surface area (Å²) in [5.41, 5.74) is 0.614. The first kappa shape index (κ1) is 14.9. The summed E-state index contributed by atoms with van der Waals surface area (Å²) in [6, 6.07) is 2.06. The van der Waals surface area contributed by atoms with Crippen molar-refractivity contribution in [2.75, 3.05) is 12.4 Å². The molecule has 2 rings (SSSR count). The van der Waals surface area contributed by atoms with Crippen molar-refractivity contribution in [2.24, 2.45) is 0 Å². The Labute approximate surface area is 125 Å². The fourth-order valence-electron chi connectivity index (χ4n) is 1.40. The molecule has 4 nitrogen and oxygen atoms in total. The summed E-state index contributed by atoms with van der Waals surface area (Å²) in [5.74, 6) is -1.81. The smallest absolute Gasteiger partial charge is 0.311 e. The molecule has 0 aliphatic rings. The highest BCUT2D eigenvalue weighted by molar-refractivity contribution is 9.10. The average Bonchev–Trinajstić information content (AvgIpc) is 2.83. The standard InChI is InChI=1S/C12H9BrF2N2O2S/c1-19-11(18)2-6-5-20-12(16-6)17-10-3-7(13)8(14)4-9(10)15/h3-5H,2H2,1H3,(H,16,17). The van der Waals surface area contributed by atoms with Crippen molar-refractivity contribution in [3.05, 3.63) is 39.3 Å². The van der Waals surface area contributed by atoms with Crippen LogP contribution in [0.1, 0.15) is 5.69 Å². The topological polar surface area (TPSA) is 51.2 Å². The third-order valence-corrected chi connectivity index (χ3v) is 3.77. The number of benzene rings is 1. The van der Waals surface area contributed by atoms with Gasteiger partial charge >= 0.3 is 5.97 Å². The Balaban J connectivity index is 2.14. The Kier molecular flexibility index (Phi) is 4.66. The lowest BCUT2D eigenvalue weighted by molar-refractivity contribution is -0.139. The van der Waals surface area contributed by atoms with Crippen LogP contribution >= 0.6 is 27.3 Å². The van der Waals surface area contributed by atoms with Gasteiger partial charge in [-0.2, -0.15) is 0 Å². The molecule has 0 saturated carbocycles. The fourth-order valence-corrected chi connectivity index (χ4v) is 2.47. The minimum Gasteiger partial charge on any atom is -0.469 e. The second-order valence-electron chi connectivity index (χ2n) is 3.77.